The van der Waals surface area contributed by atoms with Gasteiger partial charge in [-0.05, 0) is 65.9 Å². The zero-order valence-corrected chi connectivity index (χ0v) is 21.1. The highest BCUT2D eigenvalue weighted by atomic mass is 16.3. The lowest BCUT2D eigenvalue weighted by atomic mass is 10.00. The van der Waals surface area contributed by atoms with Gasteiger partial charge in [0, 0.05) is 23.2 Å². The first-order valence-corrected chi connectivity index (χ1v) is 12.3. The van der Waals surface area contributed by atoms with E-state index in [0.29, 0.717) is 34.7 Å². The average Bonchev–Trinajstić information content (AvgIpc) is 3.36. The Kier molecular flexibility index (Phi) is 6.57. The third kappa shape index (κ3) is 5.14. The zero-order chi connectivity index (χ0) is 25.9. The number of carbonyl (C=O) groups excluding carboxylic acids is 1. The smallest absolute Gasteiger partial charge is 0.251 e. The molecule has 0 unspecified atom stereocenters. The highest BCUT2D eigenvalue weighted by Crippen LogP contribution is 2.31. The van der Waals surface area contributed by atoms with Gasteiger partial charge < -0.3 is 9.73 Å². The summed E-state index contributed by atoms with van der Waals surface area (Å²) in [6, 6.07) is 29.6. The summed E-state index contributed by atoms with van der Waals surface area (Å²) in [5.41, 5.74) is 8.79. The van der Waals surface area contributed by atoms with Crippen LogP contribution < -0.4 is 5.32 Å². The third-order valence-corrected chi connectivity index (χ3v) is 6.46. The van der Waals surface area contributed by atoms with Crippen LogP contribution in [0.1, 0.15) is 52.4 Å². The largest absolute Gasteiger partial charge is 0.436 e. The van der Waals surface area contributed by atoms with Crippen LogP contribution in [0.25, 0.3) is 33.7 Å². The van der Waals surface area contributed by atoms with E-state index in [0.717, 1.165) is 22.3 Å². The molecule has 0 radical (unpaired) electrons. The second kappa shape index (κ2) is 10.1. The Morgan fingerprint density at radius 3 is 2.16 bits per heavy atom. The maximum absolute atomic E-state index is 12.7. The van der Waals surface area contributed by atoms with Crippen LogP contribution in [0.5, 0.6) is 0 Å². The quantitative estimate of drug-likeness (QED) is 0.272. The molecule has 5 heteroatoms. The number of rotatable bonds is 6. The van der Waals surface area contributed by atoms with Crippen LogP contribution in [-0.2, 0) is 6.54 Å². The van der Waals surface area contributed by atoms with Crippen LogP contribution in [0, 0.1) is 18.3 Å². The van der Waals surface area contributed by atoms with E-state index in [4.69, 9.17) is 4.42 Å². The van der Waals surface area contributed by atoms with Gasteiger partial charge in [-0.25, -0.2) is 4.98 Å². The first kappa shape index (κ1) is 24.0. The Balaban J connectivity index is 1.27. The number of nitriles is 1. The summed E-state index contributed by atoms with van der Waals surface area (Å²) in [5, 5.41) is 12.3. The summed E-state index contributed by atoms with van der Waals surface area (Å²) in [6.45, 7) is 6.64. The Bertz CT molecular complexity index is 1610. The normalized spacial score (nSPS) is 11.0. The van der Waals surface area contributed by atoms with Crippen LogP contribution in [0.3, 0.4) is 0 Å². The topological polar surface area (TPSA) is 78.9 Å². The lowest BCUT2D eigenvalue weighted by Crippen LogP contribution is -2.22. The van der Waals surface area contributed by atoms with E-state index in [2.05, 4.69) is 73.5 Å². The predicted octanol–water partition coefficient (Wildman–Crippen LogP) is 7.40. The molecule has 0 atom stereocenters. The van der Waals surface area contributed by atoms with E-state index in [1.54, 1.807) is 18.2 Å². The van der Waals surface area contributed by atoms with E-state index >= 15 is 0 Å². The number of nitrogens with one attached hydrogen (secondary N) is 1. The zero-order valence-electron chi connectivity index (χ0n) is 21.1. The van der Waals surface area contributed by atoms with E-state index in [9.17, 15) is 10.1 Å². The molecule has 1 heterocycles. The van der Waals surface area contributed by atoms with Crippen molar-refractivity contribution in [2.24, 2.45) is 0 Å². The molecule has 0 spiro atoms. The number of amides is 1. The summed E-state index contributed by atoms with van der Waals surface area (Å²) in [4.78, 5) is 17.3. The summed E-state index contributed by atoms with van der Waals surface area (Å²) in [7, 11) is 0. The van der Waals surface area contributed by atoms with Crippen molar-refractivity contribution in [2.45, 2.75) is 33.2 Å². The molecule has 0 saturated heterocycles. The lowest BCUT2D eigenvalue weighted by Gasteiger charge is -2.08. The Hall–Kier alpha value is -4.69. The standard InChI is InChI=1S/C32H27N3O2/c1-20(2)28-16-23(18-33)17-29-30(28)37-32(35-29)27-14-12-26(13-15-27)31(36)34-19-22-6-10-25(11-7-22)24-8-4-21(3)5-9-24/h4-17,20H,19H2,1-3H3,(H,34,36). The molecule has 0 bridgehead atoms. The van der Waals surface area contributed by atoms with Gasteiger partial charge in [-0.1, -0.05) is 67.9 Å². The van der Waals surface area contributed by atoms with Crippen LogP contribution in [0.2, 0.25) is 0 Å². The molecular formula is C32H27N3O2. The second-order valence-electron chi connectivity index (χ2n) is 9.52. The Labute approximate surface area is 216 Å². The Morgan fingerprint density at radius 1 is 0.919 bits per heavy atom. The molecule has 0 saturated carbocycles. The maximum Gasteiger partial charge on any atom is 0.251 e. The number of benzene rings is 4. The minimum atomic E-state index is -0.146. The molecule has 1 N–H and O–H groups in total. The molecule has 0 aliphatic heterocycles. The molecule has 37 heavy (non-hydrogen) atoms. The molecule has 5 aromatic rings. The molecule has 5 rings (SSSR count). The van der Waals surface area contributed by atoms with Crippen LogP contribution >= 0.6 is 0 Å². The summed E-state index contributed by atoms with van der Waals surface area (Å²) in [6.07, 6.45) is 0. The van der Waals surface area contributed by atoms with Crippen molar-refractivity contribution in [2.75, 3.05) is 0 Å². The molecule has 0 fully saturated rings. The number of carbonyl (C=O) groups is 1. The summed E-state index contributed by atoms with van der Waals surface area (Å²) in [5.74, 6) is 0.515. The molecule has 182 valence electrons. The monoisotopic (exact) mass is 485 g/mol. The number of hydrogen-bond acceptors (Lipinski definition) is 4. The van der Waals surface area contributed by atoms with Gasteiger partial charge in [0.15, 0.2) is 5.58 Å². The first-order valence-electron chi connectivity index (χ1n) is 12.3. The molecule has 4 aromatic carbocycles. The lowest BCUT2D eigenvalue weighted by molar-refractivity contribution is 0.0951. The van der Waals surface area contributed by atoms with Crippen LogP contribution in [0.15, 0.2) is 89.3 Å². The van der Waals surface area contributed by atoms with Gasteiger partial charge >= 0.3 is 0 Å². The van der Waals surface area contributed by atoms with Gasteiger partial charge in [0.1, 0.15) is 5.52 Å². The van der Waals surface area contributed by atoms with Gasteiger partial charge in [-0.2, -0.15) is 5.26 Å². The second-order valence-corrected chi connectivity index (χ2v) is 9.52. The fourth-order valence-electron chi connectivity index (χ4n) is 4.29. The number of oxazole rings is 1. The SMILES string of the molecule is Cc1ccc(-c2ccc(CNC(=O)c3ccc(-c4nc5cc(C#N)cc(C(C)C)c5o4)cc3)cc2)cc1. The van der Waals surface area contributed by atoms with Gasteiger partial charge in [0.05, 0.1) is 11.6 Å². The number of hydrogen-bond donors (Lipinski definition) is 1. The fraction of sp³-hybridized carbons (Fsp3) is 0.156. The number of aryl methyl sites for hydroxylation is 1. The summed E-state index contributed by atoms with van der Waals surface area (Å²) < 4.78 is 6.08. The summed E-state index contributed by atoms with van der Waals surface area (Å²) >= 11 is 0. The van der Waals surface area contributed by atoms with E-state index in [-0.39, 0.29) is 11.8 Å². The maximum atomic E-state index is 12.7. The van der Waals surface area contributed by atoms with E-state index in [1.165, 1.54) is 11.1 Å². The molecular weight excluding hydrogens is 458 g/mol. The minimum absolute atomic E-state index is 0.146. The van der Waals surface area contributed by atoms with Crippen LogP contribution in [-0.4, -0.2) is 10.9 Å². The molecule has 1 aromatic heterocycles. The van der Waals surface area contributed by atoms with Crippen molar-refractivity contribution in [3.05, 3.63) is 113 Å². The highest BCUT2D eigenvalue weighted by molar-refractivity contribution is 5.94. The Morgan fingerprint density at radius 2 is 1.54 bits per heavy atom. The number of fused-ring (bicyclic) bond motifs is 1. The first-order chi connectivity index (χ1) is 17.9. The van der Waals surface area contributed by atoms with Crippen molar-refractivity contribution in [3.63, 3.8) is 0 Å². The van der Waals surface area contributed by atoms with Crippen molar-refractivity contribution in [3.8, 4) is 28.7 Å². The average molecular weight is 486 g/mol. The van der Waals surface area contributed by atoms with E-state index < -0.39 is 0 Å². The molecule has 0 aliphatic carbocycles. The van der Waals surface area contributed by atoms with Crippen molar-refractivity contribution < 1.29 is 9.21 Å². The van der Waals surface area contributed by atoms with E-state index in [1.807, 2.05) is 30.3 Å². The van der Waals surface area contributed by atoms with Gasteiger partial charge in [0.2, 0.25) is 5.89 Å². The fourth-order valence-corrected chi connectivity index (χ4v) is 4.29. The number of aromatic nitrogens is 1. The molecule has 1 amide bonds. The predicted molar refractivity (Wildman–Crippen MR) is 146 cm³/mol. The minimum Gasteiger partial charge on any atom is -0.436 e. The van der Waals surface area contributed by atoms with Crippen molar-refractivity contribution >= 4 is 17.0 Å². The van der Waals surface area contributed by atoms with Gasteiger partial charge in [0.25, 0.3) is 5.91 Å². The van der Waals surface area contributed by atoms with Crippen molar-refractivity contribution in [1.29, 1.82) is 5.26 Å². The van der Waals surface area contributed by atoms with Crippen LogP contribution in [0.4, 0.5) is 0 Å². The van der Waals surface area contributed by atoms with Crippen molar-refractivity contribution in [1.82, 2.24) is 10.3 Å². The molecule has 5 nitrogen and oxygen atoms in total. The van der Waals surface area contributed by atoms with Gasteiger partial charge in [-0.3, -0.25) is 4.79 Å². The molecule has 0 aliphatic rings. The highest BCUT2D eigenvalue weighted by Gasteiger charge is 2.16. The third-order valence-electron chi connectivity index (χ3n) is 6.46. The number of nitrogens with zero attached hydrogens (tertiary/aromatic N) is 2. The van der Waals surface area contributed by atoms with Gasteiger partial charge in [-0.15, -0.1) is 0 Å².